The summed E-state index contributed by atoms with van der Waals surface area (Å²) in [7, 11) is 0. The number of hydrogen-bond donors (Lipinski definition) is 3. The maximum Gasteiger partial charge on any atom is 0.254 e. The largest absolute Gasteiger partial charge is 0.491 e. The second-order valence-corrected chi connectivity index (χ2v) is 10.4. The predicted molar refractivity (Wildman–Crippen MR) is 166 cm³/mol. The van der Waals surface area contributed by atoms with Crippen molar-refractivity contribution in [2.45, 2.75) is 25.1 Å². The standard InChI is InChI=1S/C35H35N3O5/c36-35(41)32-20-37-33-14-8-7-13-31(33)34(32)43-30-17-15-25(16-18-30)19-27(23-39)38(21-26-9-3-1-4-10-26)22-28(40)24-42-29-11-5-2-6-12-29/h1-18,20,27-28,39-40H,19,21-24H2,(H2,36,41)/t27-,28-/m0/s1. The average molecular weight is 578 g/mol. The highest BCUT2D eigenvalue weighted by molar-refractivity contribution is 6.01. The SMILES string of the molecule is NC(=O)c1cnc2ccccc2c1Oc1ccc(C[C@@H](CO)N(Cc2ccccc2)C[C@H](O)COc2ccccc2)cc1. The van der Waals surface area contributed by atoms with Crippen LogP contribution in [0, 0.1) is 0 Å². The highest BCUT2D eigenvalue weighted by Gasteiger charge is 2.22. The van der Waals surface area contributed by atoms with Crippen LogP contribution in [0.15, 0.2) is 115 Å². The van der Waals surface area contributed by atoms with E-state index < -0.39 is 12.0 Å². The number of fused-ring (bicyclic) bond motifs is 1. The van der Waals surface area contributed by atoms with Gasteiger partial charge in [-0.3, -0.25) is 14.7 Å². The molecule has 0 saturated carbocycles. The molecule has 43 heavy (non-hydrogen) atoms. The van der Waals surface area contributed by atoms with Gasteiger partial charge in [0.1, 0.15) is 29.8 Å². The van der Waals surface area contributed by atoms with Crippen molar-refractivity contribution in [2.75, 3.05) is 19.8 Å². The van der Waals surface area contributed by atoms with Gasteiger partial charge in [-0.1, -0.05) is 72.8 Å². The highest BCUT2D eigenvalue weighted by atomic mass is 16.5. The van der Waals surface area contributed by atoms with Gasteiger partial charge in [0.05, 0.1) is 12.1 Å². The Morgan fingerprint density at radius 2 is 1.51 bits per heavy atom. The molecule has 1 aromatic heterocycles. The molecule has 2 atom stereocenters. The van der Waals surface area contributed by atoms with Crippen molar-refractivity contribution in [3.05, 3.63) is 132 Å². The lowest BCUT2D eigenvalue weighted by Gasteiger charge is -2.32. The van der Waals surface area contributed by atoms with Crippen LogP contribution in [0.2, 0.25) is 0 Å². The van der Waals surface area contributed by atoms with Gasteiger partial charge >= 0.3 is 0 Å². The number of para-hydroxylation sites is 2. The third kappa shape index (κ3) is 7.96. The zero-order chi connectivity index (χ0) is 30.0. The fraction of sp³-hybridized carbons (Fsp3) is 0.200. The Hall–Kier alpha value is -4.76. The number of pyridine rings is 1. The first-order valence-electron chi connectivity index (χ1n) is 14.2. The average Bonchev–Trinajstić information content (AvgIpc) is 3.04. The van der Waals surface area contributed by atoms with Gasteiger partial charge in [0.25, 0.3) is 5.91 Å². The zero-order valence-electron chi connectivity index (χ0n) is 23.8. The minimum absolute atomic E-state index is 0.0949. The van der Waals surface area contributed by atoms with Gasteiger partial charge in [-0.05, 0) is 53.9 Å². The number of nitrogens with zero attached hydrogens (tertiary/aromatic N) is 2. The number of hydrogen-bond acceptors (Lipinski definition) is 7. The van der Waals surface area contributed by atoms with Gasteiger partial charge in [-0.15, -0.1) is 0 Å². The number of rotatable bonds is 14. The Balaban J connectivity index is 1.30. The number of carbonyl (C=O) groups excluding carboxylic acids is 1. The number of primary amides is 1. The number of aromatic nitrogens is 1. The third-order valence-electron chi connectivity index (χ3n) is 7.19. The molecule has 4 N–H and O–H groups in total. The quantitative estimate of drug-likeness (QED) is 0.171. The summed E-state index contributed by atoms with van der Waals surface area (Å²) < 4.78 is 11.9. The first kappa shape index (κ1) is 29.7. The Kier molecular flexibility index (Phi) is 9.97. The summed E-state index contributed by atoms with van der Waals surface area (Å²) in [5.41, 5.74) is 8.56. The van der Waals surface area contributed by atoms with Gasteiger partial charge in [0.15, 0.2) is 5.75 Å². The molecule has 220 valence electrons. The summed E-state index contributed by atoms with van der Waals surface area (Å²) in [6, 6.07) is 34.0. The van der Waals surface area contributed by atoms with Crippen molar-refractivity contribution >= 4 is 16.8 Å². The molecule has 8 nitrogen and oxygen atoms in total. The predicted octanol–water partition coefficient (Wildman–Crippen LogP) is 4.97. The fourth-order valence-electron chi connectivity index (χ4n) is 4.99. The number of aliphatic hydroxyl groups is 2. The second-order valence-electron chi connectivity index (χ2n) is 10.4. The molecular weight excluding hydrogens is 542 g/mol. The van der Waals surface area contributed by atoms with E-state index in [0.717, 1.165) is 11.1 Å². The smallest absolute Gasteiger partial charge is 0.254 e. The molecule has 4 aromatic carbocycles. The molecule has 1 amide bonds. The number of benzene rings is 4. The molecule has 8 heteroatoms. The molecular formula is C35H35N3O5. The van der Waals surface area contributed by atoms with Gasteiger partial charge in [0.2, 0.25) is 0 Å². The lowest BCUT2D eigenvalue weighted by molar-refractivity contribution is 0.0335. The van der Waals surface area contributed by atoms with Crippen LogP contribution in [0.25, 0.3) is 10.9 Å². The molecule has 0 aliphatic rings. The number of aliphatic hydroxyl groups excluding tert-OH is 2. The fourth-order valence-corrected chi connectivity index (χ4v) is 4.99. The molecule has 0 fully saturated rings. The van der Waals surface area contributed by atoms with Crippen LogP contribution in [-0.4, -0.2) is 57.9 Å². The van der Waals surface area contributed by atoms with Crippen LogP contribution in [0.1, 0.15) is 21.5 Å². The van der Waals surface area contributed by atoms with Crippen LogP contribution >= 0.6 is 0 Å². The molecule has 0 unspecified atom stereocenters. The summed E-state index contributed by atoms with van der Waals surface area (Å²) in [5.74, 6) is 0.975. The summed E-state index contributed by atoms with van der Waals surface area (Å²) >= 11 is 0. The number of amides is 1. The van der Waals surface area contributed by atoms with Crippen LogP contribution in [-0.2, 0) is 13.0 Å². The van der Waals surface area contributed by atoms with Gasteiger partial charge in [-0.2, -0.15) is 0 Å². The molecule has 1 heterocycles. The van der Waals surface area contributed by atoms with E-state index >= 15 is 0 Å². The van der Waals surface area contributed by atoms with Crippen LogP contribution in [0.4, 0.5) is 0 Å². The maximum absolute atomic E-state index is 12.1. The van der Waals surface area contributed by atoms with E-state index in [2.05, 4.69) is 9.88 Å². The Bertz CT molecular complexity index is 1610. The maximum atomic E-state index is 12.1. The van der Waals surface area contributed by atoms with Crippen molar-refractivity contribution in [2.24, 2.45) is 5.73 Å². The normalized spacial score (nSPS) is 12.6. The minimum atomic E-state index is -0.761. The molecule has 0 saturated heterocycles. The van der Waals surface area contributed by atoms with E-state index in [1.54, 1.807) is 0 Å². The van der Waals surface area contributed by atoms with Crippen LogP contribution in [0.5, 0.6) is 17.2 Å². The highest BCUT2D eigenvalue weighted by Crippen LogP contribution is 2.32. The monoisotopic (exact) mass is 577 g/mol. The summed E-state index contributed by atoms with van der Waals surface area (Å²) in [4.78, 5) is 18.5. The number of nitrogens with two attached hydrogens (primary N) is 1. The molecule has 0 spiro atoms. The van der Waals surface area contributed by atoms with Crippen molar-refractivity contribution < 1.29 is 24.5 Å². The van der Waals surface area contributed by atoms with E-state index in [1.165, 1.54) is 6.20 Å². The van der Waals surface area contributed by atoms with Crippen molar-refractivity contribution in [1.29, 1.82) is 0 Å². The minimum Gasteiger partial charge on any atom is -0.491 e. The Morgan fingerprint density at radius 3 is 2.21 bits per heavy atom. The Morgan fingerprint density at radius 1 is 0.837 bits per heavy atom. The van der Waals surface area contributed by atoms with Gasteiger partial charge < -0.3 is 25.4 Å². The van der Waals surface area contributed by atoms with E-state index in [1.807, 2.05) is 109 Å². The number of carbonyl (C=O) groups is 1. The molecule has 0 radical (unpaired) electrons. The van der Waals surface area contributed by atoms with E-state index in [4.69, 9.17) is 15.2 Å². The number of ether oxygens (including phenoxy) is 2. The van der Waals surface area contributed by atoms with Gasteiger partial charge in [0, 0.05) is 30.7 Å². The first-order chi connectivity index (χ1) is 21.0. The Labute approximate surface area is 251 Å². The van der Waals surface area contributed by atoms with Crippen molar-refractivity contribution in [1.82, 2.24) is 9.88 Å². The molecule has 0 bridgehead atoms. The van der Waals surface area contributed by atoms with Crippen LogP contribution in [0.3, 0.4) is 0 Å². The molecule has 0 aliphatic carbocycles. The second kappa shape index (κ2) is 14.4. The summed E-state index contributed by atoms with van der Waals surface area (Å²) in [6.45, 7) is 0.915. The van der Waals surface area contributed by atoms with E-state index in [-0.39, 0.29) is 24.8 Å². The zero-order valence-corrected chi connectivity index (χ0v) is 23.8. The van der Waals surface area contributed by atoms with E-state index in [9.17, 15) is 15.0 Å². The lowest BCUT2D eigenvalue weighted by Crippen LogP contribution is -2.44. The molecule has 5 aromatic rings. The van der Waals surface area contributed by atoms with Crippen molar-refractivity contribution in [3.63, 3.8) is 0 Å². The third-order valence-corrected chi connectivity index (χ3v) is 7.19. The topological polar surface area (TPSA) is 118 Å². The molecule has 5 rings (SSSR count). The van der Waals surface area contributed by atoms with Crippen LogP contribution < -0.4 is 15.2 Å². The van der Waals surface area contributed by atoms with E-state index in [0.29, 0.717) is 47.7 Å². The summed E-state index contributed by atoms with van der Waals surface area (Å²) in [5, 5.41) is 22.0. The van der Waals surface area contributed by atoms with Crippen molar-refractivity contribution in [3.8, 4) is 17.2 Å². The first-order valence-corrected chi connectivity index (χ1v) is 14.2. The van der Waals surface area contributed by atoms with Gasteiger partial charge in [-0.25, -0.2) is 0 Å². The lowest BCUT2D eigenvalue weighted by atomic mass is 10.0. The summed E-state index contributed by atoms with van der Waals surface area (Å²) in [6.07, 6.45) is 1.21. The molecule has 0 aliphatic heterocycles.